The van der Waals surface area contributed by atoms with Crippen molar-refractivity contribution in [3.8, 4) is 0 Å². The summed E-state index contributed by atoms with van der Waals surface area (Å²) in [7, 11) is 0. The summed E-state index contributed by atoms with van der Waals surface area (Å²) in [6.45, 7) is 0. The van der Waals surface area contributed by atoms with E-state index in [1.165, 1.54) is 18.2 Å². The molecule has 0 unspecified atom stereocenters. The van der Waals surface area contributed by atoms with Gasteiger partial charge in [0.15, 0.2) is 0 Å². The highest BCUT2D eigenvalue weighted by atomic mass is 127. The van der Waals surface area contributed by atoms with E-state index in [0.29, 0.717) is 9.26 Å². The quantitative estimate of drug-likeness (QED) is 0.631. The molecule has 1 rings (SSSR count). The Morgan fingerprint density at radius 3 is 2.69 bits per heavy atom. The number of hydrogen-bond acceptors (Lipinski definition) is 2. The SMILES string of the molecule is O=C(CCl)NC(=O)Nc1ccc(F)cc1I. The molecule has 0 aliphatic heterocycles. The summed E-state index contributed by atoms with van der Waals surface area (Å²) in [5.41, 5.74) is 0.418. The van der Waals surface area contributed by atoms with Crippen molar-refractivity contribution in [1.82, 2.24) is 5.32 Å². The van der Waals surface area contributed by atoms with E-state index in [0.717, 1.165) is 0 Å². The van der Waals surface area contributed by atoms with Crippen LogP contribution in [0.5, 0.6) is 0 Å². The summed E-state index contributed by atoms with van der Waals surface area (Å²) in [6, 6.07) is 3.18. The first-order chi connectivity index (χ1) is 7.52. The second kappa shape index (κ2) is 6.00. The minimum absolute atomic E-state index is 0.298. The number of urea groups is 1. The van der Waals surface area contributed by atoms with E-state index in [4.69, 9.17) is 11.6 Å². The highest BCUT2D eigenvalue weighted by Gasteiger charge is 2.08. The zero-order valence-electron chi connectivity index (χ0n) is 7.89. The number of carbonyl (C=O) groups is 2. The van der Waals surface area contributed by atoms with Gasteiger partial charge in [-0.2, -0.15) is 0 Å². The Balaban J connectivity index is 2.66. The molecule has 0 aliphatic carbocycles. The van der Waals surface area contributed by atoms with Gasteiger partial charge in [0.05, 0.1) is 5.69 Å². The van der Waals surface area contributed by atoms with Crippen LogP contribution in [-0.4, -0.2) is 17.8 Å². The Bertz CT molecular complexity index is 428. The molecule has 7 heteroatoms. The maximum absolute atomic E-state index is 12.7. The number of nitrogens with one attached hydrogen (secondary N) is 2. The number of alkyl halides is 1. The van der Waals surface area contributed by atoms with Gasteiger partial charge in [0, 0.05) is 3.57 Å². The Morgan fingerprint density at radius 1 is 1.44 bits per heavy atom. The van der Waals surface area contributed by atoms with Gasteiger partial charge in [-0.15, -0.1) is 11.6 Å². The first kappa shape index (κ1) is 13.2. The predicted molar refractivity (Wildman–Crippen MR) is 67.0 cm³/mol. The second-order valence-corrected chi connectivity index (χ2v) is 4.19. The van der Waals surface area contributed by atoms with E-state index >= 15 is 0 Å². The number of imide groups is 1. The number of amides is 3. The number of anilines is 1. The molecule has 0 atom stereocenters. The fourth-order valence-electron chi connectivity index (χ4n) is 0.904. The molecule has 0 spiro atoms. The monoisotopic (exact) mass is 356 g/mol. The van der Waals surface area contributed by atoms with Crippen molar-refractivity contribution in [3.05, 3.63) is 27.6 Å². The Labute approximate surface area is 110 Å². The Kier molecular flexibility index (Phi) is 4.94. The summed E-state index contributed by atoms with van der Waals surface area (Å²) in [4.78, 5) is 22.0. The molecule has 16 heavy (non-hydrogen) atoms. The van der Waals surface area contributed by atoms with Crippen LogP contribution in [-0.2, 0) is 4.79 Å². The van der Waals surface area contributed by atoms with Crippen LogP contribution in [0.25, 0.3) is 0 Å². The van der Waals surface area contributed by atoms with Crippen molar-refractivity contribution in [2.45, 2.75) is 0 Å². The minimum atomic E-state index is -0.699. The summed E-state index contributed by atoms with van der Waals surface area (Å²) in [5.74, 6) is -1.29. The van der Waals surface area contributed by atoms with Crippen molar-refractivity contribution in [2.24, 2.45) is 0 Å². The maximum atomic E-state index is 12.7. The van der Waals surface area contributed by atoms with Crippen molar-refractivity contribution < 1.29 is 14.0 Å². The third-order valence-electron chi connectivity index (χ3n) is 1.55. The fourth-order valence-corrected chi connectivity index (χ4v) is 1.58. The first-order valence-electron chi connectivity index (χ1n) is 4.15. The molecule has 1 aromatic carbocycles. The molecule has 0 aromatic heterocycles. The van der Waals surface area contributed by atoms with Crippen LogP contribution < -0.4 is 10.6 Å². The van der Waals surface area contributed by atoms with E-state index in [-0.39, 0.29) is 5.88 Å². The van der Waals surface area contributed by atoms with E-state index in [9.17, 15) is 14.0 Å². The molecule has 0 saturated carbocycles. The lowest BCUT2D eigenvalue weighted by Gasteiger charge is -2.07. The summed E-state index contributed by atoms with van der Waals surface area (Å²) >= 11 is 7.08. The van der Waals surface area contributed by atoms with Crippen LogP contribution in [0.15, 0.2) is 18.2 Å². The molecule has 2 N–H and O–H groups in total. The average Bonchev–Trinajstić information content (AvgIpc) is 2.22. The molecular formula is C9H7ClFIN2O2. The number of carbonyl (C=O) groups excluding carboxylic acids is 2. The third kappa shape index (κ3) is 3.93. The molecule has 0 radical (unpaired) electrons. The Hall–Kier alpha value is -0.890. The lowest BCUT2D eigenvalue weighted by molar-refractivity contribution is -0.117. The van der Waals surface area contributed by atoms with Crippen molar-refractivity contribution in [2.75, 3.05) is 11.2 Å². The zero-order chi connectivity index (χ0) is 12.1. The Morgan fingerprint density at radius 2 is 2.12 bits per heavy atom. The van der Waals surface area contributed by atoms with Crippen molar-refractivity contribution in [3.63, 3.8) is 0 Å². The largest absolute Gasteiger partial charge is 0.325 e. The molecule has 0 aliphatic rings. The van der Waals surface area contributed by atoms with Crippen LogP contribution >= 0.6 is 34.2 Å². The van der Waals surface area contributed by atoms with Crippen molar-refractivity contribution in [1.29, 1.82) is 0 Å². The molecule has 86 valence electrons. The fraction of sp³-hybridized carbons (Fsp3) is 0.111. The molecule has 3 amide bonds. The minimum Gasteiger partial charge on any atom is -0.307 e. The summed E-state index contributed by atoms with van der Waals surface area (Å²) < 4.78 is 13.3. The van der Waals surface area contributed by atoms with Gasteiger partial charge in [0.25, 0.3) is 0 Å². The van der Waals surface area contributed by atoms with Crippen LogP contribution in [0.4, 0.5) is 14.9 Å². The number of hydrogen-bond donors (Lipinski definition) is 2. The number of benzene rings is 1. The van der Waals surface area contributed by atoms with E-state index in [1.807, 2.05) is 27.9 Å². The highest BCUT2D eigenvalue weighted by molar-refractivity contribution is 14.1. The summed E-state index contributed by atoms with van der Waals surface area (Å²) in [6.07, 6.45) is 0. The van der Waals surface area contributed by atoms with Crippen LogP contribution in [0.1, 0.15) is 0 Å². The van der Waals surface area contributed by atoms with Crippen LogP contribution in [0.3, 0.4) is 0 Å². The van der Waals surface area contributed by atoms with Gasteiger partial charge < -0.3 is 5.32 Å². The molecule has 1 aromatic rings. The first-order valence-corrected chi connectivity index (χ1v) is 5.76. The van der Waals surface area contributed by atoms with E-state index in [1.54, 1.807) is 0 Å². The second-order valence-electron chi connectivity index (χ2n) is 2.76. The predicted octanol–water partition coefficient (Wildman–Crippen LogP) is 2.32. The lowest BCUT2D eigenvalue weighted by Crippen LogP contribution is -2.35. The maximum Gasteiger partial charge on any atom is 0.325 e. The third-order valence-corrected chi connectivity index (χ3v) is 2.69. The smallest absolute Gasteiger partial charge is 0.307 e. The molecule has 0 saturated heterocycles. The van der Waals surface area contributed by atoms with E-state index < -0.39 is 17.8 Å². The van der Waals surface area contributed by atoms with Crippen LogP contribution in [0, 0.1) is 9.39 Å². The molecular weight excluding hydrogens is 349 g/mol. The van der Waals surface area contributed by atoms with Gasteiger partial charge in [-0.1, -0.05) is 0 Å². The average molecular weight is 357 g/mol. The lowest BCUT2D eigenvalue weighted by atomic mass is 10.3. The zero-order valence-corrected chi connectivity index (χ0v) is 10.8. The van der Waals surface area contributed by atoms with Gasteiger partial charge >= 0.3 is 6.03 Å². The van der Waals surface area contributed by atoms with Crippen LogP contribution in [0.2, 0.25) is 0 Å². The highest BCUT2D eigenvalue weighted by Crippen LogP contribution is 2.18. The molecule has 4 nitrogen and oxygen atoms in total. The van der Waals surface area contributed by atoms with Gasteiger partial charge in [0.1, 0.15) is 11.7 Å². The van der Waals surface area contributed by atoms with Gasteiger partial charge in [-0.3, -0.25) is 10.1 Å². The van der Waals surface area contributed by atoms with Crippen molar-refractivity contribution >= 4 is 51.8 Å². The standard InChI is InChI=1S/C9H7ClFIN2O2/c10-4-8(15)14-9(16)13-7-2-1-5(11)3-6(7)12/h1-3H,4H2,(H2,13,14,15,16). The van der Waals surface area contributed by atoms with E-state index in [2.05, 4.69) is 5.32 Å². The number of rotatable bonds is 2. The topological polar surface area (TPSA) is 58.2 Å². The number of halogens is 3. The normalized spacial score (nSPS) is 9.69. The molecule has 0 bridgehead atoms. The molecule has 0 fully saturated rings. The van der Waals surface area contributed by atoms with Gasteiger partial charge in [-0.05, 0) is 40.8 Å². The molecule has 0 heterocycles. The van der Waals surface area contributed by atoms with Gasteiger partial charge in [0.2, 0.25) is 5.91 Å². The van der Waals surface area contributed by atoms with Gasteiger partial charge in [-0.25, -0.2) is 9.18 Å². The summed E-state index contributed by atoms with van der Waals surface area (Å²) in [5, 5.41) is 4.40.